The summed E-state index contributed by atoms with van der Waals surface area (Å²) in [5, 5.41) is 8.96. The Kier molecular flexibility index (Phi) is 4.35. The van der Waals surface area contributed by atoms with Crippen molar-refractivity contribution in [2.45, 2.75) is 26.0 Å². The average molecular weight is 306 g/mol. The molecule has 7 heteroatoms. The minimum atomic E-state index is -1.10. The normalized spacial score (nSPS) is 18.2. The molecule has 1 heterocycles. The second kappa shape index (κ2) is 6.05. The lowest BCUT2D eigenvalue weighted by atomic mass is 10.2. The third-order valence-electron chi connectivity index (χ3n) is 3.70. The largest absolute Gasteiger partial charge is 0.480 e. The zero-order chi connectivity index (χ0) is 16.4. The molecular weight excluding hydrogens is 288 g/mol. The highest BCUT2D eigenvalue weighted by Crippen LogP contribution is 2.33. The summed E-state index contributed by atoms with van der Waals surface area (Å²) in [5.74, 6) is -1.36. The van der Waals surface area contributed by atoms with Gasteiger partial charge in [-0.2, -0.15) is 0 Å². The first kappa shape index (κ1) is 15.8. The number of likely N-dealkylation sites (N-methyl/N-ethyl adjacent to an activating group) is 1. The number of hydrogen-bond acceptors (Lipinski definition) is 4. The van der Waals surface area contributed by atoms with Crippen molar-refractivity contribution in [3.8, 4) is 5.75 Å². The summed E-state index contributed by atoms with van der Waals surface area (Å²) >= 11 is 0. The molecule has 0 aromatic heterocycles. The Balaban J connectivity index is 2.23. The van der Waals surface area contributed by atoms with E-state index < -0.39 is 24.0 Å². The van der Waals surface area contributed by atoms with E-state index in [9.17, 15) is 14.4 Å². The van der Waals surface area contributed by atoms with Gasteiger partial charge in [0.1, 0.15) is 18.3 Å². The second-order valence-electron chi connectivity index (χ2n) is 5.17. The van der Waals surface area contributed by atoms with Crippen molar-refractivity contribution < 1.29 is 24.2 Å². The van der Waals surface area contributed by atoms with Gasteiger partial charge in [0.2, 0.25) is 5.91 Å². The van der Waals surface area contributed by atoms with Gasteiger partial charge in [-0.25, -0.2) is 4.79 Å². The van der Waals surface area contributed by atoms with Crippen LogP contribution in [0.3, 0.4) is 0 Å². The Morgan fingerprint density at radius 2 is 2.05 bits per heavy atom. The summed E-state index contributed by atoms with van der Waals surface area (Å²) in [7, 11) is 1.40. The Bertz CT molecular complexity index is 616. The maximum atomic E-state index is 12.3. The van der Waals surface area contributed by atoms with Crippen LogP contribution in [-0.2, 0) is 14.4 Å². The lowest BCUT2D eigenvalue weighted by Crippen LogP contribution is -2.51. The number of fused-ring (bicyclic) bond motifs is 1. The van der Waals surface area contributed by atoms with Gasteiger partial charge in [-0.1, -0.05) is 12.1 Å². The van der Waals surface area contributed by atoms with Gasteiger partial charge in [-0.05, 0) is 26.0 Å². The van der Waals surface area contributed by atoms with Crippen molar-refractivity contribution in [3.05, 3.63) is 24.3 Å². The van der Waals surface area contributed by atoms with Crippen LogP contribution in [0, 0.1) is 0 Å². The van der Waals surface area contributed by atoms with Crippen LogP contribution in [0.4, 0.5) is 5.69 Å². The van der Waals surface area contributed by atoms with Gasteiger partial charge in [0, 0.05) is 7.05 Å². The fraction of sp³-hybridized carbons (Fsp3) is 0.400. The molecule has 0 fully saturated rings. The van der Waals surface area contributed by atoms with Gasteiger partial charge in [-0.3, -0.25) is 14.5 Å². The summed E-state index contributed by atoms with van der Waals surface area (Å²) in [5.41, 5.74) is 0.510. The minimum absolute atomic E-state index is 0.225. The predicted octanol–water partition coefficient (Wildman–Crippen LogP) is 0.732. The van der Waals surface area contributed by atoms with Crippen molar-refractivity contribution in [1.29, 1.82) is 0 Å². The molecule has 2 unspecified atom stereocenters. The van der Waals surface area contributed by atoms with Crippen LogP contribution in [0.25, 0.3) is 0 Å². The molecule has 0 saturated heterocycles. The summed E-state index contributed by atoms with van der Waals surface area (Å²) < 4.78 is 5.49. The van der Waals surface area contributed by atoms with E-state index in [0.29, 0.717) is 11.4 Å². The molecular formula is C15H18N2O5. The van der Waals surface area contributed by atoms with Crippen LogP contribution in [-0.4, -0.2) is 53.5 Å². The van der Waals surface area contributed by atoms with Crippen LogP contribution in [0.5, 0.6) is 5.75 Å². The molecule has 1 aromatic carbocycles. The zero-order valence-corrected chi connectivity index (χ0v) is 12.6. The third-order valence-corrected chi connectivity index (χ3v) is 3.70. The maximum absolute atomic E-state index is 12.3. The Hall–Kier alpha value is -2.57. The van der Waals surface area contributed by atoms with Crippen LogP contribution >= 0.6 is 0 Å². The number of hydrogen-bond donors (Lipinski definition) is 1. The van der Waals surface area contributed by atoms with E-state index in [0.717, 1.165) is 4.90 Å². The van der Waals surface area contributed by atoms with E-state index >= 15 is 0 Å². The maximum Gasteiger partial charge on any atom is 0.326 e. The van der Waals surface area contributed by atoms with E-state index in [1.54, 1.807) is 31.2 Å². The lowest BCUT2D eigenvalue weighted by Gasteiger charge is -2.33. The lowest BCUT2D eigenvalue weighted by molar-refractivity contribution is -0.147. The minimum Gasteiger partial charge on any atom is -0.480 e. The monoisotopic (exact) mass is 306 g/mol. The number of carbonyl (C=O) groups excluding carboxylic acids is 2. The fourth-order valence-electron chi connectivity index (χ4n) is 2.15. The number of nitrogens with zero attached hydrogens (tertiary/aromatic N) is 2. The molecule has 7 nitrogen and oxygen atoms in total. The molecule has 118 valence electrons. The van der Waals surface area contributed by atoms with Crippen molar-refractivity contribution in [2.75, 3.05) is 18.5 Å². The fourth-order valence-corrected chi connectivity index (χ4v) is 2.15. The Morgan fingerprint density at radius 3 is 2.68 bits per heavy atom. The van der Waals surface area contributed by atoms with E-state index in [-0.39, 0.29) is 12.5 Å². The summed E-state index contributed by atoms with van der Waals surface area (Å²) in [4.78, 5) is 37.9. The quantitative estimate of drug-likeness (QED) is 0.886. The van der Waals surface area contributed by atoms with Gasteiger partial charge in [0.15, 0.2) is 6.10 Å². The standard InChI is InChI=1S/C15H18N2O5/c1-9(15(20)21)16(3)13(18)8-17-11-6-4-5-7-12(11)22-10(2)14(17)19/h4-7,9-10H,8H2,1-3H3,(H,20,21). The third kappa shape index (κ3) is 2.88. The highest BCUT2D eigenvalue weighted by atomic mass is 16.5. The zero-order valence-electron chi connectivity index (χ0n) is 12.6. The molecule has 2 amide bonds. The van der Waals surface area contributed by atoms with Crippen LogP contribution in [0.1, 0.15) is 13.8 Å². The highest BCUT2D eigenvalue weighted by Gasteiger charge is 2.34. The molecule has 0 saturated carbocycles. The summed E-state index contributed by atoms with van der Waals surface area (Å²) in [6.07, 6.45) is -0.690. The van der Waals surface area contributed by atoms with Crippen LogP contribution in [0.15, 0.2) is 24.3 Å². The number of amides is 2. The highest BCUT2D eigenvalue weighted by molar-refractivity contribution is 6.03. The second-order valence-corrected chi connectivity index (χ2v) is 5.17. The van der Waals surface area contributed by atoms with E-state index in [4.69, 9.17) is 9.84 Å². The first-order chi connectivity index (χ1) is 10.3. The number of ether oxygens (including phenoxy) is 1. The summed E-state index contributed by atoms with van der Waals surface area (Å²) in [6, 6.07) is 5.97. The number of carboxylic acids is 1. The SMILES string of the molecule is CC1Oc2ccccc2N(CC(=O)N(C)C(C)C(=O)O)C1=O. The molecule has 0 radical (unpaired) electrons. The molecule has 2 atom stereocenters. The van der Waals surface area contributed by atoms with E-state index in [1.807, 2.05) is 0 Å². The number of rotatable bonds is 4. The first-order valence-electron chi connectivity index (χ1n) is 6.88. The molecule has 1 aromatic rings. The molecule has 0 aliphatic carbocycles. The molecule has 0 bridgehead atoms. The van der Waals surface area contributed by atoms with Crippen molar-refractivity contribution in [3.63, 3.8) is 0 Å². The van der Waals surface area contributed by atoms with Crippen molar-refractivity contribution >= 4 is 23.5 Å². The number of benzene rings is 1. The van der Waals surface area contributed by atoms with Crippen LogP contribution < -0.4 is 9.64 Å². The van der Waals surface area contributed by atoms with Crippen molar-refractivity contribution in [1.82, 2.24) is 4.90 Å². The van der Waals surface area contributed by atoms with E-state index in [2.05, 4.69) is 0 Å². The van der Waals surface area contributed by atoms with Crippen LogP contribution in [0.2, 0.25) is 0 Å². The molecule has 1 aliphatic heterocycles. The van der Waals surface area contributed by atoms with Crippen molar-refractivity contribution in [2.24, 2.45) is 0 Å². The predicted molar refractivity (Wildman–Crippen MR) is 78.8 cm³/mol. The van der Waals surface area contributed by atoms with E-state index in [1.165, 1.54) is 18.9 Å². The van der Waals surface area contributed by atoms with Gasteiger partial charge in [0.05, 0.1) is 5.69 Å². The topological polar surface area (TPSA) is 87.2 Å². The van der Waals surface area contributed by atoms with Gasteiger partial charge >= 0.3 is 5.97 Å². The smallest absolute Gasteiger partial charge is 0.326 e. The number of anilines is 1. The Morgan fingerprint density at radius 1 is 1.41 bits per heavy atom. The average Bonchev–Trinajstić information content (AvgIpc) is 2.49. The van der Waals surface area contributed by atoms with Gasteiger partial charge in [-0.15, -0.1) is 0 Å². The first-order valence-corrected chi connectivity index (χ1v) is 6.88. The molecule has 1 aliphatic rings. The molecule has 1 N–H and O–H groups in total. The van der Waals surface area contributed by atoms with Gasteiger partial charge < -0.3 is 14.7 Å². The van der Waals surface area contributed by atoms with Gasteiger partial charge in [0.25, 0.3) is 5.91 Å². The molecule has 2 rings (SSSR count). The Labute approximate surface area is 128 Å². The summed E-state index contributed by atoms with van der Waals surface area (Å²) in [6.45, 7) is 2.80. The number of carbonyl (C=O) groups is 3. The number of para-hydroxylation sites is 2. The molecule has 0 spiro atoms. The number of carboxylic acid groups (broad SMARTS) is 1. The molecule has 22 heavy (non-hydrogen) atoms. The number of aliphatic carboxylic acids is 1.